The summed E-state index contributed by atoms with van der Waals surface area (Å²) in [4.78, 5) is 2.40. The molecular formula is C17H27FN2. The number of halogens is 1. The molecule has 0 bridgehead atoms. The molecular weight excluding hydrogens is 251 g/mol. The van der Waals surface area contributed by atoms with Gasteiger partial charge in [-0.05, 0) is 50.0 Å². The molecule has 2 unspecified atom stereocenters. The van der Waals surface area contributed by atoms with Gasteiger partial charge in [-0.1, -0.05) is 32.4 Å². The monoisotopic (exact) mass is 278 g/mol. The molecule has 1 aromatic rings. The number of nitrogens with one attached hydrogen (secondary N) is 1. The molecule has 0 aliphatic carbocycles. The number of nitrogens with zero attached hydrogens (tertiary/aromatic N) is 1. The second kappa shape index (κ2) is 7.19. The van der Waals surface area contributed by atoms with Crippen LogP contribution in [0, 0.1) is 11.7 Å². The fourth-order valence-electron chi connectivity index (χ4n) is 3.24. The zero-order valence-electron chi connectivity index (χ0n) is 12.9. The smallest absolute Gasteiger partial charge is 0.123 e. The topological polar surface area (TPSA) is 15.3 Å². The van der Waals surface area contributed by atoms with Crippen molar-refractivity contribution in [3.05, 3.63) is 35.6 Å². The standard InChI is InChI=1S/C17H27FN2/c1-13(2)19-12-15-7-4-5-10-20(3)17(15)14-8-6-9-16(18)11-14/h6,8-9,11,13,15,17,19H,4-5,7,10,12H2,1-3H3. The minimum atomic E-state index is -0.129. The van der Waals surface area contributed by atoms with E-state index in [9.17, 15) is 4.39 Å². The lowest BCUT2D eigenvalue weighted by molar-refractivity contribution is 0.187. The van der Waals surface area contributed by atoms with Crippen LogP contribution in [0.15, 0.2) is 24.3 Å². The second-order valence-corrected chi connectivity index (χ2v) is 6.30. The molecule has 2 atom stereocenters. The van der Waals surface area contributed by atoms with Crippen LogP contribution >= 0.6 is 0 Å². The van der Waals surface area contributed by atoms with E-state index < -0.39 is 0 Å². The molecule has 2 nitrogen and oxygen atoms in total. The molecule has 0 saturated carbocycles. The van der Waals surface area contributed by atoms with Crippen LogP contribution in [-0.2, 0) is 0 Å². The molecule has 112 valence electrons. The van der Waals surface area contributed by atoms with Gasteiger partial charge in [0.15, 0.2) is 0 Å². The first-order chi connectivity index (χ1) is 9.58. The summed E-state index contributed by atoms with van der Waals surface area (Å²) in [7, 11) is 2.17. The molecule has 20 heavy (non-hydrogen) atoms. The summed E-state index contributed by atoms with van der Waals surface area (Å²) < 4.78 is 13.6. The van der Waals surface area contributed by atoms with Crippen molar-refractivity contribution >= 4 is 0 Å². The zero-order valence-corrected chi connectivity index (χ0v) is 12.9. The van der Waals surface area contributed by atoms with Gasteiger partial charge in [0.05, 0.1) is 0 Å². The van der Waals surface area contributed by atoms with E-state index >= 15 is 0 Å². The Morgan fingerprint density at radius 1 is 1.35 bits per heavy atom. The van der Waals surface area contributed by atoms with E-state index in [-0.39, 0.29) is 5.82 Å². The van der Waals surface area contributed by atoms with E-state index in [2.05, 4.69) is 37.2 Å². The summed E-state index contributed by atoms with van der Waals surface area (Å²) in [5.74, 6) is 0.419. The maximum absolute atomic E-state index is 13.6. The van der Waals surface area contributed by atoms with Gasteiger partial charge in [-0.25, -0.2) is 4.39 Å². The minimum absolute atomic E-state index is 0.129. The Balaban J connectivity index is 2.21. The van der Waals surface area contributed by atoms with E-state index in [1.807, 2.05) is 6.07 Å². The largest absolute Gasteiger partial charge is 0.314 e. The third-order valence-electron chi connectivity index (χ3n) is 4.24. The third-order valence-corrected chi connectivity index (χ3v) is 4.24. The van der Waals surface area contributed by atoms with Gasteiger partial charge in [-0.3, -0.25) is 4.90 Å². The number of hydrogen-bond acceptors (Lipinski definition) is 2. The summed E-state index contributed by atoms with van der Waals surface area (Å²) in [6.45, 7) is 6.46. The maximum Gasteiger partial charge on any atom is 0.123 e. The highest BCUT2D eigenvalue weighted by Gasteiger charge is 2.29. The molecule has 1 aliphatic rings. The Bertz CT molecular complexity index is 419. The van der Waals surface area contributed by atoms with Crippen molar-refractivity contribution in [3.8, 4) is 0 Å². The Hall–Kier alpha value is -0.930. The van der Waals surface area contributed by atoms with Crippen LogP contribution < -0.4 is 5.32 Å². The van der Waals surface area contributed by atoms with Crippen LogP contribution in [0.1, 0.15) is 44.7 Å². The number of hydrogen-bond donors (Lipinski definition) is 1. The quantitative estimate of drug-likeness (QED) is 0.905. The average Bonchev–Trinajstić information content (AvgIpc) is 2.58. The van der Waals surface area contributed by atoms with Crippen molar-refractivity contribution in [1.29, 1.82) is 0 Å². The van der Waals surface area contributed by atoms with E-state index in [0.717, 1.165) is 18.7 Å². The van der Waals surface area contributed by atoms with Crippen LogP contribution in [0.2, 0.25) is 0 Å². The third kappa shape index (κ3) is 4.03. The lowest BCUT2D eigenvalue weighted by Crippen LogP contribution is -2.37. The Kier molecular flexibility index (Phi) is 5.55. The van der Waals surface area contributed by atoms with E-state index in [1.165, 1.54) is 25.3 Å². The molecule has 1 aliphatic heterocycles. The van der Waals surface area contributed by atoms with Crippen molar-refractivity contribution in [2.75, 3.05) is 20.1 Å². The highest BCUT2D eigenvalue weighted by molar-refractivity contribution is 5.21. The van der Waals surface area contributed by atoms with Crippen molar-refractivity contribution in [2.45, 2.75) is 45.2 Å². The predicted octanol–water partition coefficient (Wildman–Crippen LogP) is 3.60. The van der Waals surface area contributed by atoms with Gasteiger partial charge >= 0.3 is 0 Å². The van der Waals surface area contributed by atoms with E-state index in [0.29, 0.717) is 18.0 Å². The highest BCUT2D eigenvalue weighted by Crippen LogP contribution is 2.34. The van der Waals surface area contributed by atoms with Crippen LogP contribution in [-0.4, -0.2) is 31.1 Å². The van der Waals surface area contributed by atoms with Crippen molar-refractivity contribution in [3.63, 3.8) is 0 Å². The molecule has 3 heteroatoms. The van der Waals surface area contributed by atoms with Crippen LogP contribution in [0.25, 0.3) is 0 Å². The normalized spacial score (nSPS) is 24.9. The lowest BCUT2D eigenvalue weighted by atomic mass is 9.89. The summed E-state index contributed by atoms with van der Waals surface area (Å²) >= 11 is 0. The molecule has 1 fully saturated rings. The molecule has 0 amide bonds. The number of benzene rings is 1. The zero-order chi connectivity index (χ0) is 14.5. The Labute approximate surface area is 122 Å². The van der Waals surface area contributed by atoms with Gasteiger partial charge in [-0.15, -0.1) is 0 Å². The van der Waals surface area contributed by atoms with Gasteiger partial charge in [0.2, 0.25) is 0 Å². The van der Waals surface area contributed by atoms with Gasteiger partial charge < -0.3 is 5.32 Å². The molecule has 1 aromatic carbocycles. The van der Waals surface area contributed by atoms with Gasteiger partial charge in [0, 0.05) is 18.6 Å². The van der Waals surface area contributed by atoms with Crippen LogP contribution in [0.4, 0.5) is 4.39 Å². The molecule has 0 spiro atoms. The molecule has 1 N–H and O–H groups in total. The predicted molar refractivity (Wildman–Crippen MR) is 82.3 cm³/mol. The minimum Gasteiger partial charge on any atom is -0.314 e. The maximum atomic E-state index is 13.6. The first-order valence-corrected chi connectivity index (χ1v) is 7.77. The highest BCUT2D eigenvalue weighted by atomic mass is 19.1. The Morgan fingerprint density at radius 3 is 2.85 bits per heavy atom. The van der Waals surface area contributed by atoms with Gasteiger partial charge in [0.25, 0.3) is 0 Å². The SMILES string of the molecule is CC(C)NCC1CCCCN(C)C1c1cccc(F)c1. The van der Waals surface area contributed by atoms with Gasteiger partial charge in [-0.2, -0.15) is 0 Å². The van der Waals surface area contributed by atoms with Gasteiger partial charge in [0.1, 0.15) is 5.82 Å². The fourth-order valence-corrected chi connectivity index (χ4v) is 3.24. The van der Waals surface area contributed by atoms with Crippen LogP contribution in [0.3, 0.4) is 0 Å². The summed E-state index contributed by atoms with van der Waals surface area (Å²) in [6, 6.07) is 7.95. The van der Waals surface area contributed by atoms with E-state index in [1.54, 1.807) is 6.07 Å². The average molecular weight is 278 g/mol. The second-order valence-electron chi connectivity index (χ2n) is 6.30. The molecule has 2 rings (SSSR count). The fraction of sp³-hybridized carbons (Fsp3) is 0.647. The van der Waals surface area contributed by atoms with Crippen molar-refractivity contribution < 1.29 is 4.39 Å². The van der Waals surface area contributed by atoms with Crippen molar-refractivity contribution in [1.82, 2.24) is 10.2 Å². The molecule has 0 radical (unpaired) electrons. The van der Waals surface area contributed by atoms with E-state index in [4.69, 9.17) is 0 Å². The van der Waals surface area contributed by atoms with Crippen LogP contribution in [0.5, 0.6) is 0 Å². The first-order valence-electron chi connectivity index (χ1n) is 7.77. The lowest BCUT2D eigenvalue weighted by Gasteiger charge is -2.33. The molecule has 1 heterocycles. The number of rotatable bonds is 4. The Morgan fingerprint density at radius 2 is 2.15 bits per heavy atom. The summed E-state index contributed by atoms with van der Waals surface area (Å²) in [5.41, 5.74) is 1.12. The molecule has 1 saturated heterocycles. The summed E-state index contributed by atoms with van der Waals surface area (Å²) in [6.07, 6.45) is 3.71. The summed E-state index contributed by atoms with van der Waals surface area (Å²) in [5, 5.41) is 3.56. The molecule has 0 aromatic heterocycles. The number of likely N-dealkylation sites (tertiary alicyclic amines) is 1. The first kappa shape index (κ1) is 15.5. The van der Waals surface area contributed by atoms with Crippen molar-refractivity contribution in [2.24, 2.45) is 5.92 Å².